The summed E-state index contributed by atoms with van der Waals surface area (Å²) in [6, 6.07) is 55.3. The molecule has 0 aromatic heterocycles. The standard InChI is InChI=1S/C48H46O6/c1-52-46(50)40-21-15-20-38(33-40)29-28-36-18-14-19-37(32-36)30-31-45(49)44(47(51)53-34-39-16-6-2-7-17-39)35-54-48(41-22-8-3-9-23-41,42-24-10-4-11-25-42)43-26-12-5-13-27-43/h2-27,32-33,44-45,49H,28-31,34-35H2,1H3/t44-,45-/m1/s1. The molecule has 6 nitrogen and oxygen atoms in total. The van der Waals surface area contributed by atoms with Crippen LogP contribution in [0.1, 0.15) is 55.7 Å². The number of carbonyl (C=O) groups is 2. The van der Waals surface area contributed by atoms with Crippen molar-refractivity contribution in [2.24, 2.45) is 5.92 Å². The van der Waals surface area contributed by atoms with Crippen molar-refractivity contribution in [3.8, 4) is 0 Å². The number of esters is 2. The third kappa shape index (κ3) is 9.58. The van der Waals surface area contributed by atoms with Gasteiger partial charge in [0.15, 0.2) is 0 Å². The highest BCUT2D eigenvalue weighted by Gasteiger charge is 2.40. The van der Waals surface area contributed by atoms with Gasteiger partial charge in [-0.15, -0.1) is 0 Å². The number of methoxy groups -OCH3 is 1. The minimum Gasteiger partial charge on any atom is -0.465 e. The highest BCUT2D eigenvalue weighted by Crippen LogP contribution is 2.41. The first-order valence-corrected chi connectivity index (χ1v) is 18.4. The summed E-state index contributed by atoms with van der Waals surface area (Å²) in [4.78, 5) is 26.0. The topological polar surface area (TPSA) is 82.1 Å². The van der Waals surface area contributed by atoms with E-state index >= 15 is 0 Å². The summed E-state index contributed by atoms with van der Waals surface area (Å²) in [5, 5.41) is 11.8. The molecule has 0 saturated heterocycles. The van der Waals surface area contributed by atoms with Crippen LogP contribution >= 0.6 is 0 Å². The number of aryl methyl sites for hydroxylation is 3. The lowest BCUT2D eigenvalue weighted by atomic mass is 9.80. The second-order valence-corrected chi connectivity index (χ2v) is 13.4. The largest absolute Gasteiger partial charge is 0.465 e. The van der Waals surface area contributed by atoms with Crippen LogP contribution in [0.5, 0.6) is 0 Å². The number of rotatable bonds is 17. The van der Waals surface area contributed by atoms with E-state index in [0.29, 0.717) is 18.4 Å². The van der Waals surface area contributed by atoms with Crippen LogP contribution in [-0.4, -0.2) is 36.9 Å². The van der Waals surface area contributed by atoms with Crippen molar-refractivity contribution < 1.29 is 28.9 Å². The molecule has 6 heteroatoms. The summed E-state index contributed by atoms with van der Waals surface area (Å²) >= 11 is 0. The quantitative estimate of drug-likeness (QED) is 0.0750. The predicted octanol–water partition coefficient (Wildman–Crippen LogP) is 8.92. The van der Waals surface area contributed by atoms with Gasteiger partial charge in [0, 0.05) is 0 Å². The second-order valence-electron chi connectivity index (χ2n) is 13.4. The summed E-state index contributed by atoms with van der Waals surface area (Å²) in [7, 11) is 1.38. The number of benzene rings is 6. The van der Waals surface area contributed by atoms with E-state index in [9.17, 15) is 14.7 Å². The highest BCUT2D eigenvalue weighted by atomic mass is 16.5. The molecule has 6 aromatic rings. The summed E-state index contributed by atoms with van der Waals surface area (Å²) in [6.07, 6.45) is 1.38. The number of carbonyl (C=O) groups excluding carboxylic acids is 2. The van der Waals surface area contributed by atoms with Crippen LogP contribution in [-0.2, 0) is 50.5 Å². The maximum Gasteiger partial charge on any atom is 0.337 e. The fraction of sp³-hybridized carbons (Fsp3) is 0.208. The first kappa shape index (κ1) is 37.9. The maximum absolute atomic E-state index is 14.0. The van der Waals surface area contributed by atoms with Crippen molar-refractivity contribution in [3.63, 3.8) is 0 Å². The van der Waals surface area contributed by atoms with Gasteiger partial charge in [-0.3, -0.25) is 4.79 Å². The second kappa shape index (κ2) is 18.8. The molecule has 0 heterocycles. The zero-order valence-corrected chi connectivity index (χ0v) is 30.6. The molecule has 0 spiro atoms. The Morgan fingerprint density at radius 2 is 1.04 bits per heavy atom. The molecule has 0 aliphatic rings. The molecule has 54 heavy (non-hydrogen) atoms. The lowest BCUT2D eigenvalue weighted by Crippen LogP contribution is -2.40. The van der Waals surface area contributed by atoms with Gasteiger partial charge in [-0.25, -0.2) is 4.79 Å². The van der Waals surface area contributed by atoms with Crippen molar-refractivity contribution in [1.29, 1.82) is 0 Å². The SMILES string of the molecule is COC(=O)c1cccc(CCc2cccc(CC[C@@H](O)[C@@H](COC(c3ccccc3)(c3ccccc3)c3ccccc3)C(=O)OCc3ccccc3)c2)c1. The molecule has 6 aromatic carbocycles. The molecule has 0 amide bonds. The molecule has 0 radical (unpaired) electrons. The third-order valence-electron chi connectivity index (χ3n) is 9.78. The summed E-state index contributed by atoms with van der Waals surface area (Å²) in [5.74, 6) is -1.83. The van der Waals surface area contributed by atoms with Gasteiger partial charge in [0.2, 0.25) is 0 Å². The smallest absolute Gasteiger partial charge is 0.337 e. The molecule has 0 unspecified atom stereocenters. The van der Waals surface area contributed by atoms with Crippen molar-refractivity contribution >= 4 is 11.9 Å². The van der Waals surface area contributed by atoms with Crippen molar-refractivity contribution in [1.82, 2.24) is 0 Å². The van der Waals surface area contributed by atoms with Crippen molar-refractivity contribution in [2.45, 2.75) is 44.0 Å². The normalized spacial score (nSPS) is 12.4. The third-order valence-corrected chi connectivity index (χ3v) is 9.78. The lowest BCUT2D eigenvalue weighted by Gasteiger charge is -2.37. The zero-order chi connectivity index (χ0) is 37.6. The van der Waals surface area contributed by atoms with E-state index in [2.05, 4.69) is 12.1 Å². The van der Waals surface area contributed by atoms with Crippen LogP contribution < -0.4 is 0 Å². The molecule has 0 aliphatic carbocycles. The van der Waals surface area contributed by atoms with E-state index in [1.54, 1.807) is 6.07 Å². The van der Waals surface area contributed by atoms with Gasteiger partial charge in [-0.1, -0.05) is 158 Å². The number of hydrogen-bond donors (Lipinski definition) is 1. The van der Waals surface area contributed by atoms with E-state index in [0.717, 1.165) is 51.8 Å². The molecule has 0 saturated carbocycles. The molecule has 1 N–H and O–H groups in total. The van der Waals surface area contributed by atoms with Crippen LogP contribution in [0.15, 0.2) is 170 Å². The maximum atomic E-state index is 14.0. The van der Waals surface area contributed by atoms with Crippen LogP contribution in [0, 0.1) is 5.92 Å². The lowest BCUT2D eigenvalue weighted by molar-refractivity contribution is -0.159. The van der Waals surface area contributed by atoms with Crippen molar-refractivity contribution in [2.75, 3.05) is 13.7 Å². The summed E-state index contributed by atoms with van der Waals surface area (Å²) in [5.41, 5.74) is 6.30. The minimum absolute atomic E-state index is 0.0852. The zero-order valence-electron chi connectivity index (χ0n) is 30.6. The number of hydrogen-bond acceptors (Lipinski definition) is 6. The Morgan fingerprint density at radius 1 is 0.574 bits per heavy atom. The van der Waals surface area contributed by atoms with Gasteiger partial charge in [-0.2, -0.15) is 0 Å². The van der Waals surface area contributed by atoms with E-state index in [4.69, 9.17) is 14.2 Å². The Labute approximate surface area is 318 Å². The van der Waals surface area contributed by atoms with E-state index < -0.39 is 23.6 Å². The molecular weight excluding hydrogens is 673 g/mol. The van der Waals surface area contributed by atoms with Gasteiger partial charge >= 0.3 is 11.9 Å². The average Bonchev–Trinajstić information content (AvgIpc) is 3.24. The van der Waals surface area contributed by atoms with Gasteiger partial charge in [0.05, 0.1) is 25.4 Å². The fourth-order valence-electron chi connectivity index (χ4n) is 6.87. The molecule has 0 aliphatic heterocycles. The molecule has 274 valence electrons. The Hall–Kier alpha value is -5.82. The van der Waals surface area contributed by atoms with Crippen LogP contribution in [0.4, 0.5) is 0 Å². The van der Waals surface area contributed by atoms with Crippen molar-refractivity contribution in [3.05, 3.63) is 214 Å². The highest BCUT2D eigenvalue weighted by molar-refractivity contribution is 5.89. The Kier molecular flexibility index (Phi) is 13.2. The molecular formula is C48H46O6. The van der Waals surface area contributed by atoms with E-state index in [-0.39, 0.29) is 19.2 Å². The number of aliphatic hydroxyl groups is 1. The van der Waals surface area contributed by atoms with E-state index in [1.807, 2.05) is 152 Å². The number of aliphatic hydroxyl groups excluding tert-OH is 1. The first-order valence-electron chi connectivity index (χ1n) is 18.4. The minimum atomic E-state index is -1.06. The van der Waals surface area contributed by atoms with Gasteiger partial charge in [0.1, 0.15) is 18.1 Å². The van der Waals surface area contributed by atoms with E-state index in [1.165, 1.54) is 7.11 Å². The summed E-state index contributed by atoms with van der Waals surface area (Å²) in [6.45, 7) is 0.00677. The van der Waals surface area contributed by atoms with Gasteiger partial charge < -0.3 is 19.3 Å². The Bertz CT molecular complexity index is 1970. The fourth-order valence-corrected chi connectivity index (χ4v) is 6.87. The van der Waals surface area contributed by atoms with Crippen LogP contribution in [0.25, 0.3) is 0 Å². The molecule has 0 fully saturated rings. The average molecular weight is 719 g/mol. The van der Waals surface area contributed by atoms with Crippen LogP contribution in [0.2, 0.25) is 0 Å². The predicted molar refractivity (Wildman–Crippen MR) is 211 cm³/mol. The van der Waals surface area contributed by atoms with Gasteiger partial charge in [0.25, 0.3) is 0 Å². The molecule has 6 rings (SSSR count). The molecule has 0 bridgehead atoms. The monoisotopic (exact) mass is 718 g/mol. The number of ether oxygens (including phenoxy) is 3. The summed E-state index contributed by atoms with van der Waals surface area (Å²) < 4.78 is 17.8. The Balaban J connectivity index is 1.23. The van der Waals surface area contributed by atoms with Gasteiger partial charge in [-0.05, 0) is 76.8 Å². The molecule has 2 atom stereocenters. The Morgan fingerprint density at radius 3 is 1.57 bits per heavy atom. The van der Waals surface area contributed by atoms with Crippen LogP contribution in [0.3, 0.4) is 0 Å². The first-order chi connectivity index (χ1) is 26.5.